The van der Waals surface area contributed by atoms with Crippen molar-refractivity contribution in [2.75, 3.05) is 5.75 Å². The van der Waals surface area contributed by atoms with Gasteiger partial charge >= 0.3 is 5.97 Å². The molecule has 1 aliphatic rings. The zero-order valence-corrected chi connectivity index (χ0v) is 9.91. The third-order valence-electron chi connectivity index (χ3n) is 2.53. The Hall–Kier alpha value is -1.01. The summed E-state index contributed by atoms with van der Waals surface area (Å²) in [5.41, 5.74) is 0. The average Bonchev–Trinajstić information content (AvgIpc) is 2.84. The normalized spacial score (nSPS) is 24.8. The maximum atomic E-state index is 10.8. The van der Waals surface area contributed by atoms with Gasteiger partial charge in [-0.1, -0.05) is 6.92 Å². The van der Waals surface area contributed by atoms with Crippen molar-refractivity contribution < 1.29 is 9.90 Å². The highest BCUT2D eigenvalue weighted by molar-refractivity contribution is 7.99. The van der Waals surface area contributed by atoms with Crippen LogP contribution >= 0.6 is 11.8 Å². The highest BCUT2D eigenvalue weighted by atomic mass is 32.2. The van der Waals surface area contributed by atoms with Gasteiger partial charge in [-0.2, -0.15) is 0 Å². The molecule has 0 saturated carbocycles. The Kier molecular flexibility index (Phi) is 3.50. The highest BCUT2D eigenvalue weighted by Crippen LogP contribution is 2.31. The minimum Gasteiger partial charge on any atom is -0.480 e. The van der Waals surface area contributed by atoms with E-state index in [1.807, 2.05) is 6.20 Å². The SMILES string of the molecule is CCCn1ccnc1C1NC(C(=O)O)CS1. The van der Waals surface area contributed by atoms with E-state index in [1.165, 1.54) is 0 Å². The van der Waals surface area contributed by atoms with Crippen molar-refractivity contribution in [3.63, 3.8) is 0 Å². The molecule has 2 rings (SSSR count). The Morgan fingerprint density at radius 3 is 3.25 bits per heavy atom. The number of aromatic nitrogens is 2. The molecule has 2 atom stereocenters. The van der Waals surface area contributed by atoms with Gasteiger partial charge in [-0.25, -0.2) is 4.98 Å². The van der Waals surface area contributed by atoms with Crippen LogP contribution in [0, 0.1) is 0 Å². The summed E-state index contributed by atoms with van der Waals surface area (Å²) in [5.74, 6) is 0.734. The number of carboxylic acids is 1. The number of aryl methyl sites for hydroxylation is 1. The molecule has 16 heavy (non-hydrogen) atoms. The summed E-state index contributed by atoms with van der Waals surface area (Å²) < 4.78 is 2.08. The number of hydrogen-bond acceptors (Lipinski definition) is 4. The molecule has 1 aromatic heterocycles. The first kappa shape index (κ1) is 11.5. The minimum atomic E-state index is -0.788. The van der Waals surface area contributed by atoms with Gasteiger partial charge in [-0.3, -0.25) is 10.1 Å². The van der Waals surface area contributed by atoms with E-state index in [4.69, 9.17) is 5.11 Å². The van der Waals surface area contributed by atoms with Crippen LogP contribution in [0.1, 0.15) is 24.5 Å². The largest absolute Gasteiger partial charge is 0.480 e. The fourth-order valence-corrected chi connectivity index (χ4v) is 2.98. The Morgan fingerprint density at radius 2 is 2.62 bits per heavy atom. The zero-order chi connectivity index (χ0) is 11.5. The fraction of sp³-hybridized carbons (Fsp3) is 0.600. The van der Waals surface area contributed by atoms with Crippen molar-refractivity contribution in [2.45, 2.75) is 31.3 Å². The van der Waals surface area contributed by atoms with Crippen molar-refractivity contribution in [1.29, 1.82) is 0 Å². The third kappa shape index (κ3) is 2.22. The van der Waals surface area contributed by atoms with Gasteiger partial charge < -0.3 is 9.67 Å². The molecule has 2 unspecified atom stereocenters. The standard InChI is InChI=1S/C10H15N3O2S/c1-2-4-13-5-3-11-8(13)9-12-7(6-16-9)10(14)15/h3,5,7,9,12H,2,4,6H2,1H3,(H,14,15). The number of hydrogen-bond donors (Lipinski definition) is 2. The van der Waals surface area contributed by atoms with Gasteiger partial charge in [-0.05, 0) is 6.42 Å². The Morgan fingerprint density at radius 1 is 1.81 bits per heavy atom. The molecule has 0 spiro atoms. The lowest BCUT2D eigenvalue weighted by Crippen LogP contribution is -2.34. The van der Waals surface area contributed by atoms with E-state index in [0.717, 1.165) is 18.8 Å². The molecule has 1 aromatic rings. The molecule has 1 fully saturated rings. The van der Waals surface area contributed by atoms with Gasteiger partial charge in [0.1, 0.15) is 17.2 Å². The lowest BCUT2D eigenvalue weighted by atomic mass is 10.3. The van der Waals surface area contributed by atoms with Crippen LogP contribution < -0.4 is 5.32 Å². The maximum Gasteiger partial charge on any atom is 0.321 e. The smallest absolute Gasteiger partial charge is 0.321 e. The van der Waals surface area contributed by atoms with E-state index in [9.17, 15) is 4.79 Å². The van der Waals surface area contributed by atoms with Crippen LogP contribution in [0.5, 0.6) is 0 Å². The molecule has 6 heteroatoms. The van der Waals surface area contributed by atoms with E-state index in [0.29, 0.717) is 5.75 Å². The van der Waals surface area contributed by atoms with Crippen molar-refractivity contribution in [1.82, 2.24) is 14.9 Å². The number of thioether (sulfide) groups is 1. The van der Waals surface area contributed by atoms with E-state index in [2.05, 4.69) is 21.8 Å². The number of imidazole rings is 1. The summed E-state index contributed by atoms with van der Waals surface area (Å²) in [7, 11) is 0. The van der Waals surface area contributed by atoms with E-state index < -0.39 is 12.0 Å². The van der Waals surface area contributed by atoms with Gasteiger partial charge in [0.2, 0.25) is 0 Å². The zero-order valence-electron chi connectivity index (χ0n) is 9.09. The number of rotatable bonds is 4. The molecule has 1 aliphatic heterocycles. The first-order valence-corrected chi connectivity index (χ1v) is 6.38. The molecular weight excluding hydrogens is 226 g/mol. The lowest BCUT2D eigenvalue weighted by Gasteiger charge is -2.12. The number of carbonyl (C=O) groups is 1. The molecule has 0 aliphatic carbocycles. The summed E-state index contributed by atoms with van der Waals surface area (Å²) >= 11 is 1.60. The third-order valence-corrected chi connectivity index (χ3v) is 3.73. The van der Waals surface area contributed by atoms with E-state index in [1.54, 1.807) is 18.0 Å². The van der Waals surface area contributed by atoms with Gasteiger partial charge in [0, 0.05) is 24.7 Å². The van der Waals surface area contributed by atoms with Crippen molar-refractivity contribution in [3.8, 4) is 0 Å². The van der Waals surface area contributed by atoms with Crippen LogP contribution in [0.15, 0.2) is 12.4 Å². The van der Waals surface area contributed by atoms with Gasteiger partial charge in [0.25, 0.3) is 0 Å². The van der Waals surface area contributed by atoms with Gasteiger partial charge in [-0.15, -0.1) is 11.8 Å². The van der Waals surface area contributed by atoms with Crippen LogP contribution in [-0.2, 0) is 11.3 Å². The Balaban J connectivity index is 2.08. The number of nitrogens with one attached hydrogen (secondary N) is 1. The first-order chi connectivity index (χ1) is 7.72. The molecule has 5 nitrogen and oxygen atoms in total. The van der Waals surface area contributed by atoms with Crippen molar-refractivity contribution in [2.24, 2.45) is 0 Å². The summed E-state index contributed by atoms with van der Waals surface area (Å²) in [6.45, 7) is 3.03. The Bertz CT molecular complexity index is 380. The topological polar surface area (TPSA) is 67.2 Å². The highest BCUT2D eigenvalue weighted by Gasteiger charge is 2.32. The number of aliphatic carboxylic acids is 1. The predicted molar refractivity (Wildman–Crippen MR) is 62.3 cm³/mol. The lowest BCUT2D eigenvalue weighted by molar-refractivity contribution is -0.138. The van der Waals surface area contributed by atoms with Crippen LogP contribution in [0.4, 0.5) is 0 Å². The first-order valence-electron chi connectivity index (χ1n) is 5.34. The monoisotopic (exact) mass is 241 g/mol. The molecule has 0 bridgehead atoms. The van der Waals surface area contributed by atoms with Crippen LogP contribution in [0.25, 0.3) is 0 Å². The summed E-state index contributed by atoms with van der Waals surface area (Å²) in [5, 5.41) is 12.0. The molecular formula is C10H15N3O2S. The second kappa shape index (κ2) is 4.88. The molecule has 88 valence electrons. The van der Waals surface area contributed by atoms with Crippen LogP contribution in [0.3, 0.4) is 0 Å². The summed E-state index contributed by atoms with van der Waals surface area (Å²) in [6.07, 6.45) is 4.75. The fourth-order valence-electron chi connectivity index (χ4n) is 1.75. The minimum absolute atomic E-state index is 0.00245. The van der Waals surface area contributed by atoms with Gasteiger partial charge in [0.05, 0.1) is 0 Å². The summed E-state index contributed by atoms with van der Waals surface area (Å²) in [4.78, 5) is 15.1. The molecule has 1 saturated heterocycles. The van der Waals surface area contributed by atoms with Crippen LogP contribution in [0.2, 0.25) is 0 Å². The van der Waals surface area contributed by atoms with Crippen molar-refractivity contribution >= 4 is 17.7 Å². The second-order valence-corrected chi connectivity index (χ2v) is 4.89. The van der Waals surface area contributed by atoms with E-state index in [-0.39, 0.29) is 5.37 Å². The van der Waals surface area contributed by atoms with Gasteiger partial charge in [0.15, 0.2) is 0 Å². The Labute approximate surface area is 98.2 Å². The molecule has 2 heterocycles. The summed E-state index contributed by atoms with van der Waals surface area (Å²) in [6, 6.07) is -0.457. The number of nitrogens with zero attached hydrogens (tertiary/aromatic N) is 2. The van der Waals surface area contributed by atoms with Crippen LogP contribution in [-0.4, -0.2) is 32.4 Å². The molecule has 0 aromatic carbocycles. The molecule has 0 amide bonds. The second-order valence-electron chi connectivity index (χ2n) is 3.75. The predicted octanol–water partition coefficient (Wildman–Crippen LogP) is 1.08. The molecule has 2 N–H and O–H groups in total. The maximum absolute atomic E-state index is 10.8. The van der Waals surface area contributed by atoms with Crippen molar-refractivity contribution in [3.05, 3.63) is 18.2 Å². The molecule has 0 radical (unpaired) electrons. The number of carboxylic acid groups (broad SMARTS) is 1. The quantitative estimate of drug-likeness (QED) is 0.825. The average molecular weight is 241 g/mol. The van der Waals surface area contributed by atoms with E-state index >= 15 is 0 Å².